The second kappa shape index (κ2) is 7.13. The maximum Gasteiger partial charge on any atom is 0.246 e. The lowest BCUT2D eigenvalue weighted by atomic mass is 9.92. The van der Waals surface area contributed by atoms with Gasteiger partial charge in [0.05, 0.1) is 14.2 Å². The van der Waals surface area contributed by atoms with Gasteiger partial charge < -0.3 is 9.47 Å². The zero-order valence-corrected chi connectivity index (χ0v) is 15.4. The molecule has 0 amide bonds. The summed E-state index contributed by atoms with van der Waals surface area (Å²) in [6.45, 7) is 1.03. The van der Waals surface area contributed by atoms with Crippen LogP contribution in [0, 0.1) is 0 Å². The van der Waals surface area contributed by atoms with Gasteiger partial charge in [-0.1, -0.05) is 0 Å². The van der Waals surface area contributed by atoms with Crippen molar-refractivity contribution < 1.29 is 17.9 Å². The maximum absolute atomic E-state index is 13.0. The molecular formula is C17H21NO4S2. The maximum atomic E-state index is 13.0. The van der Waals surface area contributed by atoms with E-state index in [2.05, 4.69) is 16.8 Å². The highest BCUT2D eigenvalue weighted by Gasteiger charge is 2.32. The Bertz CT molecular complexity index is 779. The summed E-state index contributed by atoms with van der Waals surface area (Å²) in [5, 5.41) is 4.22. The monoisotopic (exact) mass is 367 g/mol. The molecule has 0 saturated carbocycles. The highest BCUT2D eigenvalue weighted by atomic mass is 32.2. The molecule has 2 aromatic rings. The van der Waals surface area contributed by atoms with Gasteiger partial charge in [0.15, 0.2) is 0 Å². The number of hydrogen-bond donors (Lipinski definition) is 0. The fraction of sp³-hybridized carbons (Fsp3) is 0.412. The van der Waals surface area contributed by atoms with Crippen molar-refractivity contribution in [3.05, 3.63) is 40.6 Å². The minimum absolute atomic E-state index is 0.165. The van der Waals surface area contributed by atoms with E-state index in [9.17, 15) is 8.42 Å². The molecule has 24 heavy (non-hydrogen) atoms. The van der Waals surface area contributed by atoms with Crippen molar-refractivity contribution in [2.45, 2.75) is 23.7 Å². The minimum Gasteiger partial charge on any atom is -0.497 e. The second-order valence-corrected chi connectivity index (χ2v) is 8.44. The summed E-state index contributed by atoms with van der Waals surface area (Å²) >= 11 is 1.68. The first-order valence-electron chi connectivity index (χ1n) is 7.80. The van der Waals surface area contributed by atoms with Crippen LogP contribution in [0.4, 0.5) is 0 Å². The molecule has 1 aliphatic heterocycles. The molecule has 1 aromatic heterocycles. The molecule has 0 unspecified atom stereocenters. The van der Waals surface area contributed by atoms with Crippen molar-refractivity contribution in [3.63, 3.8) is 0 Å². The number of thiophene rings is 1. The molecule has 0 aliphatic carbocycles. The van der Waals surface area contributed by atoms with Gasteiger partial charge >= 0.3 is 0 Å². The first-order valence-corrected chi connectivity index (χ1v) is 10.2. The van der Waals surface area contributed by atoms with Gasteiger partial charge in [0.2, 0.25) is 10.0 Å². The van der Waals surface area contributed by atoms with Crippen LogP contribution in [-0.4, -0.2) is 40.0 Å². The Labute approximate surface area is 146 Å². The van der Waals surface area contributed by atoms with E-state index in [-0.39, 0.29) is 4.90 Å². The van der Waals surface area contributed by atoms with Gasteiger partial charge in [0, 0.05) is 19.2 Å². The topological polar surface area (TPSA) is 55.8 Å². The molecule has 7 heteroatoms. The standard InChI is InChI=1S/C17H21NO4S2/c1-21-15-3-4-16(22-2)17(11-15)24(19,20)18-8-5-13(6-9-18)14-7-10-23-12-14/h3-4,7,10-13H,5-6,8-9H2,1-2H3. The van der Waals surface area contributed by atoms with Crippen LogP contribution in [0.1, 0.15) is 24.3 Å². The molecule has 0 radical (unpaired) electrons. The number of sulfonamides is 1. The van der Waals surface area contributed by atoms with Crippen LogP contribution in [0.5, 0.6) is 11.5 Å². The number of piperidine rings is 1. The summed E-state index contributed by atoms with van der Waals surface area (Å²) in [6, 6.07) is 6.98. The molecule has 1 aliphatic rings. The summed E-state index contributed by atoms with van der Waals surface area (Å²) in [4.78, 5) is 0.165. The van der Waals surface area contributed by atoms with Gasteiger partial charge in [0.25, 0.3) is 0 Å². The van der Waals surface area contributed by atoms with Crippen molar-refractivity contribution in [2.75, 3.05) is 27.3 Å². The molecule has 0 N–H and O–H groups in total. The third-order valence-electron chi connectivity index (χ3n) is 4.46. The van der Waals surface area contributed by atoms with Gasteiger partial charge in [-0.2, -0.15) is 15.6 Å². The predicted octanol–water partition coefficient (Wildman–Crippen LogP) is 3.33. The van der Waals surface area contributed by atoms with E-state index in [1.807, 2.05) is 0 Å². The SMILES string of the molecule is COc1ccc(OC)c(S(=O)(=O)N2CCC(c3ccsc3)CC2)c1. The lowest BCUT2D eigenvalue weighted by molar-refractivity contribution is 0.317. The number of rotatable bonds is 5. The number of ether oxygens (including phenoxy) is 2. The van der Waals surface area contributed by atoms with E-state index < -0.39 is 10.0 Å². The van der Waals surface area contributed by atoms with E-state index in [1.165, 1.54) is 25.8 Å². The van der Waals surface area contributed by atoms with E-state index in [0.717, 1.165) is 12.8 Å². The molecule has 1 aromatic carbocycles. The summed E-state index contributed by atoms with van der Waals surface area (Å²) in [6.07, 6.45) is 1.67. The first-order chi connectivity index (χ1) is 11.6. The van der Waals surface area contributed by atoms with Crippen LogP contribution in [0.2, 0.25) is 0 Å². The molecule has 0 atom stereocenters. The average molecular weight is 367 g/mol. The molecule has 0 spiro atoms. The van der Waals surface area contributed by atoms with Gasteiger partial charge in [-0.15, -0.1) is 0 Å². The summed E-state index contributed by atoms with van der Waals surface area (Å²) in [5.74, 6) is 1.29. The van der Waals surface area contributed by atoms with E-state index in [1.54, 1.807) is 27.8 Å². The molecule has 1 saturated heterocycles. The summed E-state index contributed by atoms with van der Waals surface area (Å²) in [7, 11) is -0.604. The van der Waals surface area contributed by atoms with Crippen molar-refractivity contribution >= 4 is 21.4 Å². The third-order valence-corrected chi connectivity index (χ3v) is 7.08. The zero-order chi connectivity index (χ0) is 17.2. The Hall–Kier alpha value is -1.57. The van der Waals surface area contributed by atoms with Crippen molar-refractivity contribution in [1.29, 1.82) is 0 Å². The Kier molecular flexibility index (Phi) is 5.12. The fourth-order valence-electron chi connectivity index (χ4n) is 3.06. The van der Waals surface area contributed by atoms with Gasteiger partial charge in [-0.25, -0.2) is 8.42 Å². The van der Waals surface area contributed by atoms with Crippen LogP contribution < -0.4 is 9.47 Å². The van der Waals surface area contributed by atoms with Crippen LogP contribution >= 0.6 is 11.3 Å². The molecule has 2 heterocycles. The molecule has 130 valence electrons. The lowest BCUT2D eigenvalue weighted by Gasteiger charge is -2.31. The summed E-state index contributed by atoms with van der Waals surface area (Å²) < 4.78 is 38.0. The van der Waals surface area contributed by atoms with E-state index in [4.69, 9.17) is 9.47 Å². The lowest BCUT2D eigenvalue weighted by Crippen LogP contribution is -2.38. The predicted molar refractivity (Wildman–Crippen MR) is 94.6 cm³/mol. The molecule has 5 nitrogen and oxygen atoms in total. The van der Waals surface area contributed by atoms with Gasteiger partial charge in [-0.3, -0.25) is 0 Å². The Morgan fingerprint density at radius 3 is 2.46 bits per heavy atom. The number of hydrogen-bond acceptors (Lipinski definition) is 5. The Balaban J connectivity index is 1.82. The molecule has 1 fully saturated rings. The van der Waals surface area contributed by atoms with E-state index in [0.29, 0.717) is 30.5 Å². The number of benzene rings is 1. The third kappa shape index (κ3) is 3.29. The van der Waals surface area contributed by atoms with Crippen LogP contribution in [0.3, 0.4) is 0 Å². The van der Waals surface area contributed by atoms with Crippen molar-refractivity contribution in [3.8, 4) is 11.5 Å². The van der Waals surface area contributed by atoms with Crippen molar-refractivity contribution in [1.82, 2.24) is 4.31 Å². The van der Waals surface area contributed by atoms with Gasteiger partial charge in [0.1, 0.15) is 16.4 Å². The van der Waals surface area contributed by atoms with Crippen LogP contribution in [0.15, 0.2) is 39.9 Å². The number of nitrogens with zero attached hydrogens (tertiary/aromatic N) is 1. The van der Waals surface area contributed by atoms with Gasteiger partial charge in [-0.05, 0) is 53.3 Å². The second-order valence-electron chi connectivity index (χ2n) is 5.75. The highest BCUT2D eigenvalue weighted by molar-refractivity contribution is 7.89. The first kappa shape index (κ1) is 17.3. The largest absolute Gasteiger partial charge is 0.497 e. The van der Waals surface area contributed by atoms with Crippen molar-refractivity contribution in [2.24, 2.45) is 0 Å². The van der Waals surface area contributed by atoms with Crippen LogP contribution in [0.25, 0.3) is 0 Å². The van der Waals surface area contributed by atoms with E-state index >= 15 is 0 Å². The summed E-state index contributed by atoms with van der Waals surface area (Å²) in [5.41, 5.74) is 1.32. The minimum atomic E-state index is -3.60. The quantitative estimate of drug-likeness (QED) is 0.813. The van der Waals surface area contributed by atoms with Crippen LogP contribution in [-0.2, 0) is 10.0 Å². The smallest absolute Gasteiger partial charge is 0.246 e. The zero-order valence-electron chi connectivity index (χ0n) is 13.8. The number of methoxy groups -OCH3 is 2. The Morgan fingerprint density at radius 2 is 1.88 bits per heavy atom. The molecule has 3 rings (SSSR count). The Morgan fingerprint density at radius 1 is 1.12 bits per heavy atom. The fourth-order valence-corrected chi connectivity index (χ4v) is 5.44. The molecule has 0 bridgehead atoms. The highest BCUT2D eigenvalue weighted by Crippen LogP contribution is 2.35. The average Bonchev–Trinajstić information content (AvgIpc) is 3.16. The molecular weight excluding hydrogens is 346 g/mol. The normalized spacial score (nSPS) is 16.9.